The molecule has 0 spiro atoms. The summed E-state index contributed by atoms with van der Waals surface area (Å²) in [6.45, 7) is 10.1. The minimum absolute atomic E-state index is 0.00488. The molecule has 62 heavy (non-hydrogen) atoms. The number of methoxy groups -OCH3 is 1. The number of hydrogen-bond donors (Lipinski definition) is 3. The van der Waals surface area contributed by atoms with E-state index in [9.17, 15) is 14.7 Å². The number of ether oxygens (including phenoxy) is 3. The molecule has 1 aliphatic rings. The fourth-order valence-electron chi connectivity index (χ4n) is 8.45. The summed E-state index contributed by atoms with van der Waals surface area (Å²) in [5.41, 5.74) is 6.78. The van der Waals surface area contributed by atoms with Crippen LogP contribution in [-0.2, 0) is 38.6 Å². The molecule has 9 heteroatoms. The fraction of sp³-hybridized carbons (Fsp3) is 0.509. The lowest BCUT2D eigenvalue weighted by molar-refractivity contribution is -0.276. The zero-order valence-corrected chi connectivity index (χ0v) is 37.9. The average Bonchev–Trinajstić information content (AvgIpc) is 3.31. The summed E-state index contributed by atoms with van der Waals surface area (Å²) >= 11 is 0. The van der Waals surface area contributed by atoms with Crippen LogP contribution in [0.2, 0.25) is 0 Å². The van der Waals surface area contributed by atoms with Crippen molar-refractivity contribution >= 4 is 12.0 Å². The zero-order chi connectivity index (χ0) is 43.9. The first-order valence-electron chi connectivity index (χ1n) is 23.4. The standard InChI is InChI=1S/C53H73N3O6/c1-5-7-9-11-13-20-34-56(35-21-14-12-10-8-6-2)38-49-40(3)50(44-28-26-42(39-57)27-29-44)62-52(61-49)45-32-30-43(31-33-45)47-25-19-18-24-46(47)37-54-53(59)55-48(51(58)60-4)36-41-22-16-15-17-23-41/h15-19,22-33,40,48-50,52,57H,5-14,20-21,34-39H2,1-4H3,(H2,54,55,59). The van der Waals surface area contributed by atoms with E-state index in [1.807, 2.05) is 60.7 Å². The largest absolute Gasteiger partial charge is 0.467 e. The van der Waals surface area contributed by atoms with Crippen LogP contribution in [0.3, 0.4) is 0 Å². The second-order valence-electron chi connectivity index (χ2n) is 17.0. The Morgan fingerprint density at radius 2 is 1.31 bits per heavy atom. The number of nitrogens with zero attached hydrogens (tertiary/aromatic N) is 1. The van der Waals surface area contributed by atoms with Crippen LogP contribution in [0, 0.1) is 5.92 Å². The molecule has 1 heterocycles. The van der Waals surface area contributed by atoms with Gasteiger partial charge in [-0.3, -0.25) is 0 Å². The van der Waals surface area contributed by atoms with Gasteiger partial charge < -0.3 is 34.9 Å². The number of aliphatic hydroxyl groups excluding tert-OH is 1. The van der Waals surface area contributed by atoms with Crippen molar-refractivity contribution in [2.24, 2.45) is 5.92 Å². The van der Waals surface area contributed by atoms with Crippen LogP contribution in [-0.4, -0.2) is 60.9 Å². The predicted octanol–water partition coefficient (Wildman–Crippen LogP) is 11.2. The molecule has 336 valence electrons. The van der Waals surface area contributed by atoms with Crippen molar-refractivity contribution in [1.82, 2.24) is 15.5 Å². The van der Waals surface area contributed by atoms with Crippen molar-refractivity contribution in [2.45, 2.75) is 142 Å². The van der Waals surface area contributed by atoms with Gasteiger partial charge in [-0.2, -0.15) is 0 Å². The minimum atomic E-state index is -0.819. The molecular formula is C53H73N3O6. The Morgan fingerprint density at radius 3 is 1.94 bits per heavy atom. The number of unbranched alkanes of at least 4 members (excludes halogenated alkanes) is 10. The van der Waals surface area contributed by atoms with Crippen molar-refractivity contribution in [3.05, 3.63) is 131 Å². The molecule has 9 nitrogen and oxygen atoms in total. The lowest BCUT2D eigenvalue weighted by atomic mass is 9.89. The first-order valence-corrected chi connectivity index (χ1v) is 23.4. The fourth-order valence-corrected chi connectivity index (χ4v) is 8.45. The van der Waals surface area contributed by atoms with Gasteiger partial charge in [0.25, 0.3) is 0 Å². The normalized spacial score (nSPS) is 18.0. The number of rotatable bonds is 26. The molecule has 5 rings (SSSR count). The summed E-state index contributed by atoms with van der Waals surface area (Å²) in [5.74, 6) is -0.388. The molecule has 1 fully saturated rings. The third kappa shape index (κ3) is 15.4. The molecule has 3 N–H and O–H groups in total. The van der Waals surface area contributed by atoms with Gasteiger partial charge in [0, 0.05) is 31.0 Å². The second kappa shape index (κ2) is 26.8. The SMILES string of the molecule is CCCCCCCCN(CCCCCCCC)CC1OC(c2ccc(-c3ccccc3CNC(=O)NC(Cc3ccccc3)C(=O)OC)cc2)OC(c2ccc(CO)cc2)C1C. The van der Waals surface area contributed by atoms with E-state index in [0.717, 1.165) is 58.6 Å². The summed E-state index contributed by atoms with van der Waals surface area (Å²) in [5, 5.41) is 15.5. The van der Waals surface area contributed by atoms with E-state index in [-0.39, 0.29) is 31.3 Å². The smallest absolute Gasteiger partial charge is 0.328 e. The van der Waals surface area contributed by atoms with Crippen molar-refractivity contribution < 1.29 is 28.9 Å². The molecule has 1 saturated heterocycles. The van der Waals surface area contributed by atoms with E-state index in [4.69, 9.17) is 14.2 Å². The number of esters is 1. The van der Waals surface area contributed by atoms with E-state index in [0.29, 0.717) is 6.42 Å². The van der Waals surface area contributed by atoms with Crippen LogP contribution in [0.25, 0.3) is 11.1 Å². The Kier molecular flexibility index (Phi) is 21.0. The summed E-state index contributed by atoms with van der Waals surface area (Å²) in [6.07, 6.45) is 14.9. The maximum absolute atomic E-state index is 13.1. The van der Waals surface area contributed by atoms with Crippen molar-refractivity contribution in [2.75, 3.05) is 26.7 Å². The van der Waals surface area contributed by atoms with Gasteiger partial charge in [0.05, 0.1) is 25.9 Å². The predicted molar refractivity (Wildman–Crippen MR) is 249 cm³/mol. The lowest BCUT2D eigenvalue weighted by Crippen LogP contribution is -2.47. The number of amides is 2. The average molecular weight is 848 g/mol. The van der Waals surface area contributed by atoms with E-state index in [2.05, 4.69) is 78.8 Å². The highest BCUT2D eigenvalue weighted by molar-refractivity contribution is 5.84. The Labute approximate surface area is 371 Å². The minimum Gasteiger partial charge on any atom is -0.467 e. The van der Waals surface area contributed by atoms with Crippen LogP contribution < -0.4 is 10.6 Å². The molecular weight excluding hydrogens is 775 g/mol. The molecule has 4 aromatic carbocycles. The molecule has 2 amide bonds. The first kappa shape index (κ1) is 48.5. The molecule has 0 saturated carbocycles. The second-order valence-corrected chi connectivity index (χ2v) is 17.0. The Morgan fingerprint density at radius 1 is 0.710 bits per heavy atom. The van der Waals surface area contributed by atoms with Crippen molar-refractivity contribution in [1.29, 1.82) is 0 Å². The maximum Gasteiger partial charge on any atom is 0.328 e. The zero-order valence-electron chi connectivity index (χ0n) is 37.9. The van der Waals surface area contributed by atoms with Gasteiger partial charge >= 0.3 is 12.0 Å². The number of nitrogens with one attached hydrogen (secondary N) is 2. The molecule has 0 aliphatic carbocycles. The number of hydrogen-bond acceptors (Lipinski definition) is 7. The van der Waals surface area contributed by atoms with Gasteiger partial charge in [-0.1, -0.05) is 188 Å². The highest BCUT2D eigenvalue weighted by Gasteiger charge is 2.39. The molecule has 4 aromatic rings. The Hall–Kier alpha value is -4.54. The number of carbonyl (C=O) groups is 2. The third-order valence-corrected chi connectivity index (χ3v) is 12.2. The molecule has 1 aliphatic heterocycles. The van der Waals surface area contributed by atoms with Crippen LogP contribution in [0.1, 0.15) is 138 Å². The Bertz CT molecular complexity index is 1850. The first-order chi connectivity index (χ1) is 30.3. The van der Waals surface area contributed by atoms with E-state index >= 15 is 0 Å². The van der Waals surface area contributed by atoms with Gasteiger partial charge in [0.1, 0.15) is 6.04 Å². The van der Waals surface area contributed by atoms with Crippen LogP contribution in [0.15, 0.2) is 103 Å². The van der Waals surface area contributed by atoms with Crippen LogP contribution in [0.5, 0.6) is 0 Å². The van der Waals surface area contributed by atoms with Crippen molar-refractivity contribution in [3.63, 3.8) is 0 Å². The number of carbonyl (C=O) groups excluding carboxylic acids is 2. The molecule has 5 atom stereocenters. The van der Waals surface area contributed by atoms with Crippen LogP contribution in [0.4, 0.5) is 4.79 Å². The van der Waals surface area contributed by atoms with Crippen LogP contribution >= 0.6 is 0 Å². The van der Waals surface area contributed by atoms with E-state index in [1.165, 1.54) is 84.2 Å². The van der Waals surface area contributed by atoms with E-state index in [1.54, 1.807) is 0 Å². The number of benzene rings is 4. The van der Waals surface area contributed by atoms with Crippen molar-refractivity contribution in [3.8, 4) is 11.1 Å². The van der Waals surface area contributed by atoms with Gasteiger partial charge in [0.2, 0.25) is 0 Å². The summed E-state index contributed by atoms with van der Waals surface area (Å²) in [6, 6.07) is 32.8. The number of aliphatic hydroxyl groups is 1. The topological polar surface area (TPSA) is 109 Å². The van der Waals surface area contributed by atoms with Gasteiger partial charge in [-0.15, -0.1) is 0 Å². The molecule has 0 radical (unpaired) electrons. The highest BCUT2D eigenvalue weighted by Crippen LogP contribution is 2.42. The molecule has 5 unspecified atom stereocenters. The quantitative estimate of drug-likeness (QED) is 0.0426. The van der Waals surface area contributed by atoms with Gasteiger partial charge in [0.15, 0.2) is 6.29 Å². The summed E-state index contributed by atoms with van der Waals surface area (Å²) in [7, 11) is 1.33. The third-order valence-electron chi connectivity index (χ3n) is 12.2. The van der Waals surface area contributed by atoms with E-state index < -0.39 is 24.3 Å². The lowest BCUT2D eigenvalue weighted by Gasteiger charge is -2.43. The maximum atomic E-state index is 13.1. The summed E-state index contributed by atoms with van der Waals surface area (Å²) < 4.78 is 18.8. The summed E-state index contributed by atoms with van der Waals surface area (Å²) in [4.78, 5) is 28.3. The highest BCUT2D eigenvalue weighted by atomic mass is 16.7. The van der Waals surface area contributed by atoms with Gasteiger partial charge in [-0.25, -0.2) is 9.59 Å². The Balaban J connectivity index is 1.30. The van der Waals surface area contributed by atoms with Gasteiger partial charge in [-0.05, 0) is 59.3 Å². The molecule has 0 aromatic heterocycles. The number of urea groups is 1. The monoisotopic (exact) mass is 848 g/mol. The molecule has 0 bridgehead atoms.